The maximum Gasteiger partial charge on any atom is 0.303 e. The van der Waals surface area contributed by atoms with Crippen LogP contribution in [0.4, 0.5) is 21.5 Å². The third-order valence-electron chi connectivity index (χ3n) is 5.95. The zero-order chi connectivity index (χ0) is 23.1. The summed E-state index contributed by atoms with van der Waals surface area (Å²) in [5.74, 6) is -1.04. The van der Waals surface area contributed by atoms with Gasteiger partial charge in [-0.25, -0.2) is 9.37 Å². The first-order valence-electron chi connectivity index (χ1n) is 11.1. The number of carbonyl (C=O) groups is 1. The molecule has 7 nitrogen and oxygen atoms in total. The maximum absolute atomic E-state index is 15.7. The Hall–Kier alpha value is -2.87. The quantitative estimate of drug-likeness (QED) is 0.535. The van der Waals surface area contributed by atoms with E-state index in [1.54, 1.807) is 19.4 Å². The predicted octanol–water partition coefficient (Wildman–Crippen LogP) is 4.95. The number of halogens is 1. The Morgan fingerprint density at radius 1 is 1.34 bits per heavy atom. The van der Waals surface area contributed by atoms with Crippen molar-refractivity contribution in [2.75, 3.05) is 37.1 Å². The Balaban J connectivity index is 2.05. The summed E-state index contributed by atoms with van der Waals surface area (Å²) < 4.78 is 26.3. The zero-order valence-corrected chi connectivity index (χ0v) is 18.9. The average Bonchev–Trinajstić information content (AvgIpc) is 2.80. The molecular weight excluding hydrogens is 413 g/mol. The van der Waals surface area contributed by atoms with E-state index in [0.717, 1.165) is 12.8 Å². The highest BCUT2D eigenvalue weighted by Gasteiger charge is 2.27. The number of anilines is 3. The Morgan fingerprint density at radius 3 is 2.66 bits per heavy atom. The van der Waals surface area contributed by atoms with Gasteiger partial charge in [0.25, 0.3) is 0 Å². The number of rotatable bonds is 10. The largest absolute Gasteiger partial charge is 0.481 e. The van der Waals surface area contributed by atoms with Crippen molar-refractivity contribution in [2.24, 2.45) is 0 Å². The lowest BCUT2D eigenvalue weighted by Gasteiger charge is -2.37. The molecule has 1 aromatic carbocycles. The summed E-state index contributed by atoms with van der Waals surface area (Å²) in [6, 6.07) is 7.09. The van der Waals surface area contributed by atoms with Crippen molar-refractivity contribution in [3.8, 4) is 5.88 Å². The second kappa shape index (κ2) is 11.1. The van der Waals surface area contributed by atoms with Crippen LogP contribution in [-0.4, -0.2) is 49.0 Å². The first-order chi connectivity index (χ1) is 15.5. The van der Waals surface area contributed by atoms with Crippen LogP contribution in [0.5, 0.6) is 5.88 Å². The molecule has 174 valence electrons. The third kappa shape index (κ3) is 5.68. The van der Waals surface area contributed by atoms with Crippen LogP contribution >= 0.6 is 0 Å². The maximum atomic E-state index is 15.7. The molecule has 0 aliphatic carbocycles. The van der Waals surface area contributed by atoms with Crippen LogP contribution in [0.3, 0.4) is 0 Å². The van der Waals surface area contributed by atoms with Gasteiger partial charge in [-0.3, -0.25) is 4.79 Å². The predicted molar refractivity (Wildman–Crippen MR) is 123 cm³/mol. The van der Waals surface area contributed by atoms with Gasteiger partial charge in [-0.2, -0.15) is 0 Å². The van der Waals surface area contributed by atoms with Gasteiger partial charge in [0, 0.05) is 31.9 Å². The second-order valence-electron chi connectivity index (χ2n) is 7.95. The van der Waals surface area contributed by atoms with Crippen molar-refractivity contribution in [2.45, 2.75) is 51.5 Å². The number of pyridine rings is 1. The molecule has 2 aromatic rings. The van der Waals surface area contributed by atoms with Gasteiger partial charge < -0.3 is 24.8 Å². The first kappa shape index (κ1) is 23.8. The van der Waals surface area contributed by atoms with Gasteiger partial charge in [0.1, 0.15) is 5.82 Å². The van der Waals surface area contributed by atoms with E-state index in [9.17, 15) is 9.90 Å². The van der Waals surface area contributed by atoms with Crippen molar-refractivity contribution in [3.63, 3.8) is 0 Å². The fraction of sp³-hybridized carbons (Fsp3) is 0.500. The minimum Gasteiger partial charge on any atom is -0.481 e. The molecule has 1 atom stereocenters. The average molecular weight is 446 g/mol. The van der Waals surface area contributed by atoms with E-state index in [1.165, 1.54) is 6.07 Å². The van der Waals surface area contributed by atoms with Crippen LogP contribution in [0, 0.1) is 5.82 Å². The van der Waals surface area contributed by atoms with Gasteiger partial charge in [-0.05, 0) is 55.9 Å². The van der Waals surface area contributed by atoms with Crippen molar-refractivity contribution in [1.29, 1.82) is 0 Å². The van der Waals surface area contributed by atoms with Gasteiger partial charge in [-0.15, -0.1) is 0 Å². The van der Waals surface area contributed by atoms with Crippen LogP contribution in [0.2, 0.25) is 0 Å². The van der Waals surface area contributed by atoms with E-state index in [-0.39, 0.29) is 24.2 Å². The first-order valence-corrected chi connectivity index (χ1v) is 11.1. The van der Waals surface area contributed by atoms with E-state index >= 15 is 4.39 Å². The normalized spacial score (nSPS) is 15.2. The van der Waals surface area contributed by atoms with Gasteiger partial charge in [0.2, 0.25) is 5.88 Å². The molecule has 2 heterocycles. The molecule has 0 saturated carbocycles. The lowest BCUT2D eigenvalue weighted by atomic mass is 9.92. The number of ether oxygens (including phenoxy) is 2. The lowest BCUT2D eigenvalue weighted by molar-refractivity contribution is -0.137. The van der Waals surface area contributed by atoms with E-state index < -0.39 is 5.97 Å². The standard InChI is InChI=1S/C24H32FN3O4/c1-4-16(14-23(29)30)17-12-20(25)24(28(5-2)19-8-10-32-11-9-19)21(13-17)27-18-6-7-22(31-3)26-15-18/h6-7,12-13,15-16,19,27H,4-5,8-11,14H2,1-3H3,(H,29,30). The van der Waals surface area contributed by atoms with Crippen LogP contribution in [0.25, 0.3) is 0 Å². The van der Waals surface area contributed by atoms with E-state index in [2.05, 4.69) is 15.2 Å². The Bertz CT molecular complexity index is 901. The van der Waals surface area contributed by atoms with E-state index in [1.807, 2.05) is 26.0 Å². The summed E-state index contributed by atoms with van der Waals surface area (Å²) in [6.07, 6.45) is 3.85. The van der Waals surface area contributed by atoms with Crippen LogP contribution in [-0.2, 0) is 9.53 Å². The highest BCUT2D eigenvalue weighted by Crippen LogP contribution is 2.38. The SMILES string of the molecule is CCC(CC(=O)O)c1cc(F)c(N(CC)C2CCOCC2)c(Nc2ccc(OC)nc2)c1. The van der Waals surface area contributed by atoms with Crippen molar-refractivity contribution >= 4 is 23.0 Å². The van der Waals surface area contributed by atoms with Gasteiger partial charge in [0.15, 0.2) is 0 Å². The number of benzene rings is 1. The fourth-order valence-electron chi connectivity index (χ4n) is 4.28. The number of hydrogen-bond donors (Lipinski definition) is 2. The Morgan fingerprint density at radius 2 is 2.09 bits per heavy atom. The van der Waals surface area contributed by atoms with Crippen molar-refractivity contribution < 1.29 is 23.8 Å². The molecule has 0 spiro atoms. The third-order valence-corrected chi connectivity index (χ3v) is 5.95. The lowest BCUT2D eigenvalue weighted by Crippen LogP contribution is -2.40. The van der Waals surface area contributed by atoms with E-state index in [0.29, 0.717) is 54.7 Å². The number of hydrogen-bond acceptors (Lipinski definition) is 6. The van der Waals surface area contributed by atoms with Crippen molar-refractivity contribution in [1.82, 2.24) is 4.98 Å². The number of carboxylic acid groups (broad SMARTS) is 1. The molecule has 32 heavy (non-hydrogen) atoms. The minimum absolute atomic E-state index is 0.0454. The van der Waals surface area contributed by atoms with Crippen LogP contribution < -0.4 is 15.0 Å². The number of nitrogens with zero attached hydrogens (tertiary/aromatic N) is 2. The molecule has 1 unspecified atom stereocenters. The molecule has 1 aliphatic rings. The van der Waals surface area contributed by atoms with Gasteiger partial charge >= 0.3 is 5.97 Å². The summed E-state index contributed by atoms with van der Waals surface area (Å²) in [5.41, 5.74) is 2.45. The summed E-state index contributed by atoms with van der Waals surface area (Å²) in [5, 5.41) is 12.6. The van der Waals surface area contributed by atoms with Gasteiger partial charge in [-0.1, -0.05) is 6.92 Å². The molecule has 2 N–H and O–H groups in total. The second-order valence-corrected chi connectivity index (χ2v) is 7.95. The molecule has 0 amide bonds. The summed E-state index contributed by atoms with van der Waals surface area (Å²) >= 11 is 0. The Kier molecular flexibility index (Phi) is 8.27. The molecule has 8 heteroatoms. The summed E-state index contributed by atoms with van der Waals surface area (Å²) in [7, 11) is 1.55. The summed E-state index contributed by atoms with van der Waals surface area (Å²) in [4.78, 5) is 17.7. The van der Waals surface area contributed by atoms with Gasteiger partial charge in [0.05, 0.1) is 36.8 Å². The minimum atomic E-state index is -0.896. The molecule has 1 aliphatic heterocycles. The highest BCUT2D eigenvalue weighted by atomic mass is 19.1. The number of nitrogens with one attached hydrogen (secondary N) is 1. The Labute approximate surface area is 188 Å². The number of aromatic nitrogens is 1. The molecule has 1 aromatic heterocycles. The molecule has 0 radical (unpaired) electrons. The summed E-state index contributed by atoms with van der Waals surface area (Å²) in [6.45, 7) is 5.88. The van der Waals surface area contributed by atoms with Crippen LogP contribution in [0.1, 0.15) is 51.0 Å². The molecule has 1 fully saturated rings. The fourth-order valence-corrected chi connectivity index (χ4v) is 4.28. The molecule has 3 rings (SSSR count). The molecule has 0 bridgehead atoms. The van der Waals surface area contributed by atoms with Crippen LogP contribution in [0.15, 0.2) is 30.5 Å². The number of carboxylic acids is 1. The number of methoxy groups -OCH3 is 1. The zero-order valence-electron chi connectivity index (χ0n) is 18.9. The smallest absolute Gasteiger partial charge is 0.303 e. The molecule has 1 saturated heterocycles. The highest BCUT2D eigenvalue weighted by molar-refractivity contribution is 5.77. The number of aliphatic carboxylic acids is 1. The topological polar surface area (TPSA) is 83.9 Å². The monoisotopic (exact) mass is 445 g/mol. The molecular formula is C24H32FN3O4. The van der Waals surface area contributed by atoms with Crippen molar-refractivity contribution in [3.05, 3.63) is 41.8 Å². The van der Waals surface area contributed by atoms with E-state index in [4.69, 9.17) is 9.47 Å².